The molecule has 2 rings (SSSR count). The fourth-order valence-electron chi connectivity index (χ4n) is 3.80. The quantitative estimate of drug-likeness (QED) is 0.135. The Bertz CT molecular complexity index is 797. The average molecular weight is 501 g/mol. The second kappa shape index (κ2) is 13.7. The summed E-state index contributed by atoms with van der Waals surface area (Å²) in [5, 5.41) is 66.0. The zero-order valence-corrected chi connectivity index (χ0v) is 18.9. The maximum Gasteiger partial charge on any atom is 0.221 e. The predicted octanol–water partition coefficient (Wildman–Crippen LogP) is -4.32. The summed E-state index contributed by atoms with van der Waals surface area (Å²) in [5.41, 5.74) is 0. The van der Waals surface area contributed by atoms with Gasteiger partial charge in [0.15, 0.2) is 12.6 Å². The van der Waals surface area contributed by atoms with Crippen molar-refractivity contribution in [1.29, 1.82) is 0 Å². The Hall–Kier alpha value is -2.30. The summed E-state index contributed by atoms with van der Waals surface area (Å²) in [6, 6.07) is -2.76. The minimum Gasteiger partial charge on any atom is -0.394 e. The maximum absolute atomic E-state index is 12.2. The third-order valence-corrected chi connectivity index (χ3v) is 5.69. The van der Waals surface area contributed by atoms with Crippen molar-refractivity contribution >= 4 is 11.8 Å². The first-order chi connectivity index (χ1) is 16.7. The van der Waals surface area contributed by atoms with Crippen molar-refractivity contribution in [3.63, 3.8) is 0 Å². The highest BCUT2D eigenvalue weighted by atomic mass is 16.7. The van der Waals surface area contributed by atoms with Crippen LogP contribution in [0, 0.1) is 24.7 Å². The van der Waals surface area contributed by atoms with Crippen LogP contribution in [0.2, 0.25) is 0 Å². The molecule has 6 unspecified atom stereocenters. The smallest absolute Gasteiger partial charge is 0.221 e. The highest BCUT2D eigenvalue weighted by molar-refractivity contribution is 5.77. The third kappa shape index (κ3) is 7.35. The van der Waals surface area contributed by atoms with Gasteiger partial charge < -0.3 is 55.5 Å². The van der Waals surface area contributed by atoms with Crippen molar-refractivity contribution in [3.8, 4) is 24.7 Å². The summed E-state index contributed by atoms with van der Waals surface area (Å²) in [6.07, 6.45) is -1.90. The van der Waals surface area contributed by atoms with E-state index in [1.807, 2.05) is 0 Å². The van der Waals surface area contributed by atoms with Crippen LogP contribution in [0.5, 0.6) is 0 Å². The second-order valence-electron chi connectivity index (χ2n) is 8.14. The van der Waals surface area contributed by atoms with Crippen LogP contribution in [0.25, 0.3) is 0 Å². The largest absolute Gasteiger partial charge is 0.394 e. The van der Waals surface area contributed by atoms with Crippen molar-refractivity contribution in [1.82, 2.24) is 10.6 Å². The van der Waals surface area contributed by atoms with E-state index >= 15 is 0 Å². The standard InChI is InChI=1S/C22H32N2O11/c1-3-5-7-13(27)23-15-19(31)20(12(10-26)33-21(15)32)35-22-16(24-14(28)8-6-4-2)18(30)17(29)11(9-25)34-22/h1-2,11-12,15-22,25-26,29-32H,5-10H2,(H,23,27)(H,24,28)/t11?,12?,15-,16?,17-,18?,19?,20+,21?,22+/m1/s1. The Morgan fingerprint density at radius 1 is 0.800 bits per heavy atom. The molecule has 2 aliphatic rings. The lowest BCUT2D eigenvalue weighted by molar-refractivity contribution is -0.327. The van der Waals surface area contributed by atoms with Crippen molar-refractivity contribution < 1.29 is 54.4 Å². The first-order valence-corrected chi connectivity index (χ1v) is 11.0. The fraction of sp³-hybridized carbons (Fsp3) is 0.727. The molecule has 2 fully saturated rings. The first-order valence-electron chi connectivity index (χ1n) is 11.0. The molecule has 196 valence electrons. The number of ether oxygens (including phenoxy) is 3. The van der Waals surface area contributed by atoms with E-state index in [4.69, 9.17) is 27.1 Å². The number of aliphatic hydroxyl groups is 6. The van der Waals surface area contributed by atoms with Crippen LogP contribution >= 0.6 is 0 Å². The van der Waals surface area contributed by atoms with Crippen LogP contribution in [0.15, 0.2) is 0 Å². The summed E-state index contributed by atoms with van der Waals surface area (Å²) >= 11 is 0. The Kier molecular flexibility index (Phi) is 11.3. The lowest BCUT2D eigenvalue weighted by Crippen LogP contribution is -2.69. The highest BCUT2D eigenvalue weighted by Gasteiger charge is 2.51. The molecule has 2 heterocycles. The van der Waals surface area contributed by atoms with E-state index in [-0.39, 0.29) is 25.7 Å². The zero-order valence-electron chi connectivity index (χ0n) is 18.9. The predicted molar refractivity (Wildman–Crippen MR) is 117 cm³/mol. The fourth-order valence-corrected chi connectivity index (χ4v) is 3.80. The van der Waals surface area contributed by atoms with Gasteiger partial charge in [0.2, 0.25) is 11.8 Å². The van der Waals surface area contributed by atoms with Crippen LogP contribution in [-0.4, -0.2) is 117 Å². The number of terminal acetylenes is 2. The molecule has 13 heteroatoms. The molecule has 10 atom stereocenters. The minimum atomic E-state index is -1.71. The normalized spacial score (nSPS) is 37.0. The molecule has 0 aromatic heterocycles. The van der Waals surface area contributed by atoms with Crippen LogP contribution in [0.4, 0.5) is 0 Å². The van der Waals surface area contributed by atoms with Gasteiger partial charge in [-0.15, -0.1) is 24.7 Å². The summed E-state index contributed by atoms with van der Waals surface area (Å²) in [5.74, 6) is 3.41. The van der Waals surface area contributed by atoms with Gasteiger partial charge in [0, 0.05) is 25.7 Å². The van der Waals surface area contributed by atoms with E-state index in [1.54, 1.807) is 0 Å². The second-order valence-corrected chi connectivity index (χ2v) is 8.14. The van der Waals surface area contributed by atoms with E-state index in [0.717, 1.165) is 0 Å². The number of aliphatic hydroxyl groups excluding tert-OH is 6. The van der Waals surface area contributed by atoms with Gasteiger partial charge in [-0.2, -0.15) is 0 Å². The van der Waals surface area contributed by atoms with Gasteiger partial charge in [0.25, 0.3) is 0 Å². The molecule has 13 nitrogen and oxygen atoms in total. The Morgan fingerprint density at radius 3 is 1.86 bits per heavy atom. The summed E-state index contributed by atoms with van der Waals surface area (Å²) in [4.78, 5) is 24.3. The van der Waals surface area contributed by atoms with Gasteiger partial charge >= 0.3 is 0 Å². The molecule has 2 amide bonds. The molecule has 0 spiro atoms. The van der Waals surface area contributed by atoms with Gasteiger partial charge in [0.05, 0.1) is 13.2 Å². The van der Waals surface area contributed by atoms with Crippen molar-refractivity contribution in [2.24, 2.45) is 0 Å². The van der Waals surface area contributed by atoms with Gasteiger partial charge in [-0.05, 0) is 0 Å². The van der Waals surface area contributed by atoms with Crippen LogP contribution < -0.4 is 10.6 Å². The molecular formula is C22H32N2O11. The van der Waals surface area contributed by atoms with Crippen molar-refractivity contribution in [2.45, 2.75) is 87.0 Å². The van der Waals surface area contributed by atoms with Crippen molar-refractivity contribution in [3.05, 3.63) is 0 Å². The third-order valence-electron chi connectivity index (χ3n) is 5.69. The number of rotatable bonds is 10. The topological polar surface area (TPSA) is 207 Å². The first kappa shape index (κ1) is 28.9. The van der Waals surface area contributed by atoms with Crippen LogP contribution in [-0.2, 0) is 23.8 Å². The lowest BCUT2D eigenvalue weighted by Gasteiger charge is -2.47. The van der Waals surface area contributed by atoms with E-state index in [2.05, 4.69) is 22.5 Å². The number of amides is 2. The van der Waals surface area contributed by atoms with E-state index < -0.39 is 86.3 Å². The summed E-state index contributed by atoms with van der Waals surface area (Å²) in [7, 11) is 0. The molecule has 2 saturated heterocycles. The lowest BCUT2D eigenvalue weighted by atomic mass is 9.94. The Balaban J connectivity index is 2.25. The molecule has 0 saturated carbocycles. The van der Waals surface area contributed by atoms with Gasteiger partial charge in [-0.1, -0.05) is 0 Å². The summed E-state index contributed by atoms with van der Waals surface area (Å²) in [6.45, 7) is -1.44. The zero-order chi connectivity index (χ0) is 26.1. The number of carbonyl (C=O) groups is 2. The molecule has 0 bridgehead atoms. The molecule has 35 heavy (non-hydrogen) atoms. The van der Waals surface area contributed by atoms with Crippen LogP contribution in [0.3, 0.4) is 0 Å². The van der Waals surface area contributed by atoms with Gasteiger partial charge in [-0.25, -0.2) is 0 Å². The Morgan fingerprint density at radius 2 is 1.34 bits per heavy atom. The molecule has 0 radical (unpaired) electrons. The van der Waals surface area contributed by atoms with E-state index in [1.165, 1.54) is 0 Å². The molecular weight excluding hydrogens is 468 g/mol. The maximum atomic E-state index is 12.2. The molecule has 8 N–H and O–H groups in total. The monoisotopic (exact) mass is 500 g/mol. The minimum absolute atomic E-state index is 0.0822. The molecule has 2 aliphatic heterocycles. The number of hydrogen-bond donors (Lipinski definition) is 8. The van der Waals surface area contributed by atoms with Crippen LogP contribution in [0.1, 0.15) is 25.7 Å². The SMILES string of the molecule is C#CCCC(=O)NC1C(O)[C@H](O)C(CO)O[C@H]1O[C@H]1C(CO)OC(O)[C@H](NC(=O)CCC#C)C1O. The highest BCUT2D eigenvalue weighted by Crippen LogP contribution is 2.29. The number of hydrogen-bond acceptors (Lipinski definition) is 11. The average Bonchev–Trinajstić information content (AvgIpc) is 2.84. The Labute approximate surface area is 202 Å². The number of carbonyl (C=O) groups excluding carboxylic acids is 2. The molecule has 0 aromatic rings. The molecule has 0 aliphatic carbocycles. The van der Waals surface area contributed by atoms with E-state index in [0.29, 0.717) is 0 Å². The van der Waals surface area contributed by atoms with Crippen molar-refractivity contribution in [2.75, 3.05) is 13.2 Å². The molecule has 0 aromatic carbocycles. The van der Waals surface area contributed by atoms with Gasteiger partial charge in [0.1, 0.15) is 48.7 Å². The van der Waals surface area contributed by atoms with E-state index in [9.17, 15) is 40.2 Å². The van der Waals surface area contributed by atoms with Gasteiger partial charge in [-0.3, -0.25) is 9.59 Å². The summed E-state index contributed by atoms with van der Waals surface area (Å²) < 4.78 is 16.6. The number of nitrogens with one attached hydrogen (secondary N) is 2.